The van der Waals surface area contributed by atoms with Crippen LogP contribution in [0.4, 0.5) is 0 Å². The summed E-state index contributed by atoms with van der Waals surface area (Å²) in [5, 5.41) is 10.5. The van der Waals surface area contributed by atoms with Gasteiger partial charge in [0.1, 0.15) is 12.4 Å². The average molecular weight is 454 g/mol. The molecule has 1 N–H and O–H groups in total. The molecule has 5 heteroatoms. The first-order valence-corrected chi connectivity index (χ1v) is 10.2. The van der Waals surface area contributed by atoms with Crippen molar-refractivity contribution in [2.24, 2.45) is 5.92 Å². The van der Waals surface area contributed by atoms with Gasteiger partial charge in [0.05, 0.1) is 10.9 Å². The third-order valence-corrected chi connectivity index (χ3v) is 6.67. The summed E-state index contributed by atoms with van der Waals surface area (Å²) >= 11 is 6.80. The van der Waals surface area contributed by atoms with E-state index in [4.69, 9.17) is 4.74 Å². The Hall–Kier alpha value is -0.910. The number of allylic oxidation sites excluding steroid dienone is 3. The quantitative estimate of drug-likeness (QED) is 0.673. The first kappa shape index (κ1) is 16.6. The molecule has 126 valence electrons. The number of aliphatic hydroxyl groups is 1. The Morgan fingerprint density at radius 3 is 2.96 bits per heavy atom. The number of alkyl halides is 2. The van der Waals surface area contributed by atoms with Crippen LogP contribution in [0.5, 0.6) is 0 Å². The van der Waals surface area contributed by atoms with Gasteiger partial charge in [-0.3, -0.25) is 4.79 Å². The fourth-order valence-electron chi connectivity index (χ4n) is 3.84. The van der Waals surface area contributed by atoms with Crippen LogP contribution in [-0.4, -0.2) is 21.0 Å². The number of Topliss-reactive ketones (excluding diaryl/α,β-unsaturated/α-hetero) is 1. The lowest BCUT2D eigenvalue weighted by atomic mass is 9.74. The fourth-order valence-corrected chi connectivity index (χ4v) is 4.75. The van der Waals surface area contributed by atoms with Gasteiger partial charge in [0.25, 0.3) is 0 Å². The molecule has 1 saturated carbocycles. The summed E-state index contributed by atoms with van der Waals surface area (Å²) in [7, 11) is 0. The molecule has 3 aliphatic rings. The van der Waals surface area contributed by atoms with Crippen molar-refractivity contribution < 1.29 is 14.6 Å². The Labute approximate surface area is 158 Å². The first-order valence-electron chi connectivity index (χ1n) is 8.21. The minimum Gasteiger partial charge on any atom is -0.489 e. The van der Waals surface area contributed by atoms with E-state index >= 15 is 0 Å². The second kappa shape index (κ2) is 6.43. The number of carbonyl (C=O) groups excluding carboxylic acids is 1. The van der Waals surface area contributed by atoms with Crippen molar-refractivity contribution in [3.8, 4) is 0 Å². The predicted octanol–water partition coefficient (Wildman–Crippen LogP) is 4.43. The highest BCUT2D eigenvalue weighted by Gasteiger charge is 2.37. The van der Waals surface area contributed by atoms with Crippen LogP contribution >= 0.6 is 31.9 Å². The number of benzene rings is 1. The molecule has 3 atom stereocenters. The van der Waals surface area contributed by atoms with Gasteiger partial charge in [-0.1, -0.05) is 44.0 Å². The van der Waals surface area contributed by atoms with Gasteiger partial charge in [-0.15, -0.1) is 0 Å². The molecule has 3 unspecified atom stereocenters. The molecule has 3 nitrogen and oxygen atoms in total. The highest BCUT2D eigenvalue weighted by atomic mass is 79.9. The van der Waals surface area contributed by atoms with Crippen LogP contribution < -0.4 is 0 Å². The van der Waals surface area contributed by atoms with Gasteiger partial charge in [0.15, 0.2) is 5.78 Å². The van der Waals surface area contributed by atoms with Crippen LogP contribution in [-0.2, 0) is 16.1 Å². The molecule has 1 fully saturated rings. The molecule has 24 heavy (non-hydrogen) atoms. The Morgan fingerprint density at radius 1 is 1.33 bits per heavy atom. The molecular formula is C19H18Br2O3. The normalized spacial score (nSPS) is 26.8. The van der Waals surface area contributed by atoms with Crippen LogP contribution in [0.2, 0.25) is 0 Å². The van der Waals surface area contributed by atoms with Crippen molar-refractivity contribution in [1.29, 1.82) is 0 Å². The molecule has 1 heterocycles. The molecule has 0 amide bonds. The van der Waals surface area contributed by atoms with E-state index in [2.05, 4.69) is 37.9 Å². The Balaban J connectivity index is 1.73. The molecule has 2 aliphatic carbocycles. The maximum Gasteiger partial charge on any atom is 0.172 e. The highest BCUT2D eigenvalue weighted by molar-refractivity contribution is 9.10. The van der Waals surface area contributed by atoms with Crippen LogP contribution in [0.25, 0.3) is 5.57 Å². The van der Waals surface area contributed by atoms with Crippen molar-refractivity contribution in [2.75, 3.05) is 5.33 Å². The van der Waals surface area contributed by atoms with Gasteiger partial charge in [0, 0.05) is 16.5 Å². The summed E-state index contributed by atoms with van der Waals surface area (Å²) in [6.07, 6.45) is 4.24. The molecule has 0 bridgehead atoms. The second-order valence-electron chi connectivity index (χ2n) is 6.63. The van der Waals surface area contributed by atoms with Crippen LogP contribution in [0, 0.1) is 5.92 Å². The van der Waals surface area contributed by atoms with Gasteiger partial charge in [-0.2, -0.15) is 0 Å². The van der Waals surface area contributed by atoms with Gasteiger partial charge in [-0.25, -0.2) is 0 Å². The van der Waals surface area contributed by atoms with E-state index in [-0.39, 0.29) is 10.6 Å². The van der Waals surface area contributed by atoms with Gasteiger partial charge in [0.2, 0.25) is 0 Å². The maximum atomic E-state index is 12.4. The molecule has 0 saturated heterocycles. The molecule has 1 aromatic carbocycles. The van der Waals surface area contributed by atoms with Crippen molar-refractivity contribution in [3.63, 3.8) is 0 Å². The smallest absolute Gasteiger partial charge is 0.172 e. The fraction of sp³-hybridized carbons (Fsp3) is 0.421. The van der Waals surface area contributed by atoms with E-state index < -0.39 is 6.10 Å². The number of ether oxygens (including phenoxy) is 1. The van der Waals surface area contributed by atoms with E-state index in [9.17, 15) is 9.90 Å². The lowest BCUT2D eigenvalue weighted by Gasteiger charge is -2.35. The summed E-state index contributed by atoms with van der Waals surface area (Å²) in [4.78, 5) is 12.4. The third kappa shape index (κ3) is 2.71. The van der Waals surface area contributed by atoms with Crippen molar-refractivity contribution in [1.82, 2.24) is 0 Å². The number of aliphatic hydroxyl groups excluding tert-OH is 1. The maximum absolute atomic E-state index is 12.4. The molecule has 0 spiro atoms. The topological polar surface area (TPSA) is 46.5 Å². The van der Waals surface area contributed by atoms with E-state index in [1.165, 1.54) is 11.1 Å². The number of fused-ring (bicyclic) bond motifs is 3. The zero-order chi connectivity index (χ0) is 16.8. The number of rotatable bonds is 2. The number of halogens is 2. The summed E-state index contributed by atoms with van der Waals surface area (Å²) in [6.45, 7) is 0.484. The molecular weight excluding hydrogens is 436 g/mol. The Morgan fingerprint density at radius 2 is 2.17 bits per heavy atom. The summed E-state index contributed by atoms with van der Waals surface area (Å²) < 4.78 is 5.95. The molecule has 1 aliphatic heterocycles. The van der Waals surface area contributed by atoms with Gasteiger partial charge >= 0.3 is 0 Å². The van der Waals surface area contributed by atoms with Crippen LogP contribution in [0.15, 0.2) is 35.6 Å². The zero-order valence-corrected chi connectivity index (χ0v) is 16.3. The molecule has 0 aromatic heterocycles. The summed E-state index contributed by atoms with van der Waals surface area (Å²) in [6, 6.07) is 6.11. The Kier molecular flexibility index (Phi) is 4.43. The van der Waals surface area contributed by atoms with E-state index in [0.29, 0.717) is 17.9 Å². The van der Waals surface area contributed by atoms with Gasteiger partial charge in [-0.05, 0) is 54.0 Å². The van der Waals surface area contributed by atoms with E-state index in [1.807, 2.05) is 18.2 Å². The predicted molar refractivity (Wildman–Crippen MR) is 100 cm³/mol. The molecule has 1 aromatic rings. The number of hydrogen-bond donors (Lipinski definition) is 1. The monoisotopic (exact) mass is 452 g/mol. The Bertz CT molecular complexity index is 766. The van der Waals surface area contributed by atoms with Crippen LogP contribution in [0.1, 0.15) is 42.1 Å². The van der Waals surface area contributed by atoms with Crippen molar-refractivity contribution in [3.05, 3.63) is 52.3 Å². The number of carbonyl (C=O) groups is 1. The summed E-state index contributed by atoms with van der Waals surface area (Å²) in [5.41, 5.74) is 5.33. The van der Waals surface area contributed by atoms with Crippen LogP contribution in [0.3, 0.4) is 0 Å². The first-order chi connectivity index (χ1) is 11.6. The lowest BCUT2D eigenvalue weighted by Crippen LogP contribution is -2.31. The van der Waals surface area contributed by atoms with Crippen molar-refractivity contribution >= 4 is 43.2 Å². The largest absolute Gasteiger partial charge is 0.489 e. The lowest BCUT2D eigenvalue weighted by molar-refractivity contribution is -0.116. The standard InChI is InChI=1S/C19H18Br2O3/c20-8-17(22)11-1-3-13-12(5-11)9-24-18-7-14-10(6-15(13)18)2-4-16(21)19(14)23/h1,3,5,7,10,16-17,22H,2,4,6,8-9H2. The molecule has 4 rings (SSSR count). The van der Waals surface area contributed by atoms with Crippen molar-refractivity contribution in [2.45, 2.75) is 36.8 Å². The molecule has 0 radical (unpaired) electrons. The van der Waals surface area contributed by atoms with E-state index in [0.717, 1.165) is 41.7 Å². The highest BCUT2D eigenvalue weighted by Crippen LogP contribution is 2.45. The SMILES string of the molecule is O=C1C2=CC3=C(CC2CCC1Br)c1ccc(C(O)CBr)cc1CO3. The summed E-state index contributed by atoms with van der Waals surface area (Å²) in [5.74, 6) is 1.35. The second-order valence-corrected chi connectivity index (χ2v) is 8.38. The number of hydrogen-bond acceptors (Lipinski definition) is 3. The minimum absolute atomic E-state index is 0.0497. The average Bonchev–Trinajstić information content (AvgIpc) is 2.62. The van der Waals surface area contributed by atoms with Gasteiger partial charge < -0.3 is 9.84 Å². The number of ketones is 1. The third-order valence-electron chi connectivity index (χ3n) is 5.18. The minimum atomic E-state index is -0.504. The van der Waals surface area contributed by atoms with E-state index in [1.54, 1.807) is 0 Å². The zero-order valence-electron chi connectivity index (χ0n) is 13.1.